The van der Waals surface area contributed by atoms with Crippen molar-refractivity contribution in [3.8, 4) is 11.1 Å². The molecule has 2 heteroatoms. The third-order valence-electron chi connectivity index (χ3n) is 2.33. The Balaban J connectivity index is 2.59. The van der Waals surface area contributed by atoms with E-state index in [9.17, 15) is 0 Å². The maximum absolute atomic E-state index is 6.17. The molecule has 2 aromatic rings. The maximum Gasteiger partial charge on any atom is 0.0484 e. The van der Waals surface area contributed by atoms with Gasteiger partial charge in [0.25, 0.3) is 0 Å². The number of benzene rings is 2. The minimum Gasteiger partial charge on any atom is -0.0876 e. The largest absolute Gasteiger partial charge is 0.0876 e. The Bertz CT molecular complexity index is 466. The number of rotatable bonds is 2. The molecule has 0 atom stereocenters. The monoisotopic (exact) mass is 280 g/mol. The van der Waals surface area contributed by atoms with Crippen molar-refractivity contribution in [2.24, 2.45) is 0 Å². The van der Waals surface area contributed by atoms with Gasteiger partial charge in [-0.3, -0.25) is 0 Å². The topological polar surface area (TPSA) is 0 Å². The molecule has 0 fully saturated rings. The van der Waals surface area contributed by atoms with Crippen LogP contribution in [0.2, 0.25) is 5.02 Å². The number of alkyl halides is 1. The molecule has 0 saturated heterocycles. The minimum absolute atomic E-state index is 0.797. The molecule has 0 N–H and O–H groups in total. The molecule has 15 heavy (non-hydrogen) atoms. The van der Waals surface area contributed by atoms with Crippen molar-refractivity contribution >= 4 is 27.5 Å². The smallest absolute Gasteiger partial charge is 0.0484 e. The Hall–Kier alpha value is -0.790. The number of hydrogen-bond donors (Lipinski definition) is 0. The molecule has 0 aliphatic heterocycles. The fourth-order valence-electron chi connectivity index (χ4n) is 1.58. The maximum atomic E-state index is 6.17. The van der Waals surface area contributed by atoms with Gasteiger partial charge in [0, 0.05) is 15.9 Å². The van der Waals surface area contributed by atoms with Gasteiger partial charge in [-0.2, -0.15) is 0 Å². The summed E-state index contributed by atoms with van der Waals surface area (Å²) >= 11 is 9.66. The highest BCUT2D eigenvalue weighted by molar-refractivity contribution is 9.08. The Labute approximate surface area is 103 Å². The summed E-state index contributed by atoms with van der Waals surface area (Å²) in [5.74, 6) is 0. The van der Waals surface area contributed by atoms with Gasteiger partial charge in [0.15, 0.2) is 0 Å². The van der Waals surface area contributed by atoms with Crippen LogP contribution in [0.5, 0.6) is 0 Å². The van der Waals surface area contributed by atoms with Gasteiger partial charge in [0.1, 0.15) is 0 Å². The average Bonchev–Trinajstić information content (AvgIpc) is 2.30. The summed E-state index contributed by atoms with van der Waals surface area (Å²) in [5, 5.41) is 1.64. The predicted molar refractivity (Wildman–Crippen MR) is 69.5 cm³/mol. The van der Waals surface area contributed by atoms with Crippen molar-refractivity contribution in [3.05, 3.63) is 59.1 Å². The first kappa shape index (κ1) is 10.7. The van der Waals surface area contributed by atoms with Crippen LogP contribution in [-0.2, 0) is 5.33 Å². The van der Waals surface area contributed by atoms with Crippen molar-refractivity contribution in [1.82, 2.24) is 0 Å². The van der Waals surface area contributed by atoms with Crippen LogP contribution in [0.3, 0.4) is 0 Å². The summed E-state index contributed by atoms with van der Waals surface area (Å²) < 4.78 is 0. The van der Waals surface area contributed by atoms with Crippen molar-refractivity contribution in [2.45, 2.75) is 5.33 Å². The molecule has 0 heterocycles. The highest BCUT2D eigenvalue weighted by Gasteiger charge is 2.05. The highest BCUT2D eigenvalue weighted by atomic mass is 79.9. The van der Waals surface area contributed by atoms with E-state index >= 15 is 0 Å². The van der Waals surface area contributed by atoms with Crippen LogP contribution in [-0.4, -0.2) is 0 Å². The van der Waals surface area contributed by atoms with Crippen LogP contribution in [0.1, 0.15) is 5.56 Å². The van der Waals surface area contributed by atoms with Crippen molar-refractivity contribution < 1.29 is 0 Å². The molecule has 0 aliphatic rings. The van der Waals surface area contributed by atoms with Gasteiger partial charge in [-0.05, 0) is 17.2 Å². The number of hydrogen-bond acceptors (Lipinski definition) is 0. The first-order valence-corrected chi connectivity index (χ1v) is 6.21. The molecular weight excluding hydrogens is 271 g/mol. The van der Waals surface area contributed by atoms with Crippen molar-refractivity contribution in [1.29, 1.82) is 0 Å². The van der Waals surface area contributed by atoms with E-state index in [2.05, 4.69) is 28.1 Å². The Morgan fingerprint density at radius 3 is 2.13 bits per heavy atom. The number of halogens is 2. The van der Waals surface area contributed by atoms with Gasteiger partial charge in [-0.15, -0.1) is 0 Å². The molecule has 2 rings (SSSR count). The molecule has 0 aromatic heterocycles. The third-order valence-corrected chi connectivity index (χ3v) is 3.26. The van der Waals surface area contributed by atoms with Crippen LogP contribution in [0.25, 0.3) is 11.1 Å². The van der Waals surface area contributed by atoms with Gasteiger partial charge in [0.05, 0.1) is 0 Å². The van der Waals surface area contributed by atoms with Crippen molar-refractivity contribution in [3.63, 3.8) is 0 Å². The molecule has 0 bridgehead atoms. The van der Waals surface area contributed by atoms with E-state index in [0.717, 1.165) is 15.9 Å². The molecule has 0 unspecified atom stereocenters. The second-order valence-corrected chi connectivity index (χ2v) is 4.24. The van der Waals surface area contributed by atoms with Gasteiger partial charge >= 0.3 is 0 Å². The zero-order valence-electron chi connectivity index (χ0n) is 8.08. The molecule has 0 radical (unpaired) electrons. The molecule has 2 aromatic carbocycles. The predicted octanol–water partition coefficient (Wildman–Crippen LogP) is 4.90. The standard InChI is InChI=1S/C13H10BrCl/c14-9-10-5-1-2-6-11(10)12-7-3-4-8-13(12)15/h1-8H,9H2. The lowest BCUT2D eigenvalue weighted by Gasteiger charge is -2.08. The summed E-state index contributed by atoms with van der Waals surface area (Å²) in [5.41, 5.74) is 3.54. The summed E-state index contributed by atoms with van der Waals surface area (Å²) in [6, 6.07) is 16.2. The summed E-state index contributed by atoms with van der Waals surface area (Å²) in [7, 11) is 0. The van der Waals surface area contributed by atoms with E-state index in [-0.39, 0.29) is 0 Å². The summed E-state index contributed by atoms with van der Waals surface area (Å²) in [6.45, 7) is 0. The normalized spacial score (nSPS) is 10.3. The molecular formula is C13H10BrCl. The lowest BCUT2D eigenvalue weighted by Crippen LogP contribution is -1.86. The molecule has 0 saturated carbocycles. The van der Waals surface area contributed by atoms with Crippen molar-refractivity contribution in [2.75, 3.05) is 0 Å². The van der Waals surface area contributed by atoms with E-state index in [1.165, 1.54) is 11.1 Å². The first-order chi connectivity index (χ1) is 7.33. The van der Waals surface area contributed by atoms with Gasteiger partial charge in [-0.1, -0.05) is 70.0 Å². The van der Waals surface area contributed by atoms with E-state index in [0.29, 0.717) is 0 Å². The van der Waals surface area contributed by atoms with Gasteiger partial charge in [-0.25, -0.2) is 0 Å². The lowest BCUT2D eigenvalue weighted by molar-refractivity contribution is 1.43. The fourth-order valence-corrected chi connectivity index (χ4v) is 2.31. The van der Waals surface area contributed by atoms with Crippen LogP contribution in [0.4, 0.5) is 0 Å². The van der Waals surface area contributed by atoms with E-state index < -0.39 is 0 Å². The lowest BCUT2D eigenvalue weighted by atomic mass is 10.0. The zero-order valence-corrected chi connectivity index (χ0v) is 10.4. The molecule has 0 spiro atoms. The second-order valence-electron chi connectivity index (χ2n) is 3.27. The molecule has 0 nitrogen and oxygen atoms in total. The van der Waals surface area contributed by atoms with E-state index in [1.54, 1.807) is 0 Å². The molecule has 76 valence electrons. The Morgan fingerprint density at radius 1 is 0.867 bits per heavy atom. The van der Waals surface area contributed by atoms with Crippen LogP contribution in [0.15, 0.2) is 48.5 Å². The van der Waals surface area contributed by atoms with Gasteiger partial charge < -0.3 is 0 Å². The highest BCUT2D eigenvalue weighted by Crippen LogP contribution is 2.30. The quantitative estimate of drug-likeness (QED) is 0.687. The Kier molecular flexibility index (Phi) is 3.45. The van der Waals surface area contributed by atoms with E-state index in [4.69, 9.17) is 11.6 Å². The van der Waals surface area contributed by atoms with Crippen LogP contribution in [0, 0.1) is 0 Å². The SMILES string of the molecule is Clc1ccccc1-c1ccccc1CBr. The Morgan fingerprint density at radius 2 is 1.47 bits per heavy atom. The third kappa shape index (κ3) is 2.24. The summed E-state index contributed by atoms with van der Waals surface area (Å²) in [6.07, 6.45) is 0. The molecule has 0 amide bonds. The van der Waals surface area contributed by atoms with E-state index in [1.807, 2.05) is 36.4 Å². The minimum atomic E-state index is 0.797. The summed E-state index contributed by atoms with van der Waals surface area (Å²) in [4.78, 5) is 0. The van der Waals surface area contributed by atoms with Gasteiger partial charge in [0.2, 0.25) is 0 Å². The molecule has 0 aliphatic carbocycles. The second kappa shape index (κ2) is 4.82. The zero-order chi connectivity index (χ0) is 10.7. The van der Waals surface area contributed by atoms with Crippen LogP contribution >= 0.6 is 27.5 Å². The fraction of sp³-hybridized carbons (Fsp3) is 0.0769. The average molecular weight is 282 g/mol. The van der Waals surface area contributed by atoms with Crippen LogP contribution < -0.4 is 0 Å². The first-order valence-electron chi connectivity index (χ1n) is 4.71.